The van der Waals surface area contributed by atoms with Crippen LogP contribution in [0.4, 0.5) is 0 Å². The summed E-state index contributed by atoms with van der Waals surface area (Å²) in [7, 11) is 0. The molecule has 0 aliphatic carbocycles. The Hall–Kier alpha value is -1.36. The fraction of sp³-hybridized carbons (Fsp3) is 0.600. The van der Waals surface area contributed by atoms with E-state index in [0.29, 0.717) is 19.4 Å². The van der Waals surface area contributed by atoms with Crippen molar-refractivity contribution < 1.29 is 9.59 Å². The van der Waals surface area contributed by atoms with Gasteiger partial charge in [-0.05, 0) is 48.6 Å². The van der Waals surface area contributed by atoms with Crippen LogP contribution in [0.2, 0.25) is 0 Å². The second-order valence-corrected chi connectivity index (χ2v) is 6.09. The van der Waals surface area contributed by atoms with Gasteiger partial charge in [-0.15, -0.1) is 0 Å². The normalized spacial score (nSPS) is 21.9. The Kier molecular flexibility index (Phi) is 4.48. The van der Waals surface area contributed by atoms with Gasteiger partial charge in [0.15, 0.2) is 0 Å². The Balaban J connectivity index is 2.22. The van der Waals surface area contributed by atoms with E-state index in [2.05, 4.69) is 16.8 Å². The van der Waals surface area contributed by atoms with Gasteiger partial charge in [-0.1, -0.05) is 13.8 Å². The van der Waals surface area contributed by atoms with Crippen LogP contribution in [0.5, 0.6) is 0 Å². The number of nitrogens with zero attached hydrogens (tertiary/aromatic N) is 1. The third-order valence-electron chi connectivity index (χ3n) is 4.30. The lowest BCUT2D eigenvalue weighted by atomic mass is 9.85. The summed E-state index contributed by atoms with van der Waals surface area (Å²) in [6.45, 7) is 6.32. The molecule has 0 spiro atoms. The Morgan fingerprint density at radius 2 is 2.05 bits per heavy atom. The molecule has 2 heterocycles. The minimum Gasteiger partial charge on any atom is -0.343 e. The molecule has 0 radical (unpaired) electrons. The van der Waals surface area contributed by atoms with Crippen LogP contribution in [0.1, 0.15) is 39.2 Å². The van der Waals surface area contributed by atoms with E-state index in [9.17, 15) is 9.59 Å². The molecule has 2 amide bonds. The molecule has 1 fully saturated rings. The average molecular weight is 294 g/mol. The van der Waals surface area contributed by atoms with Crippen molar-refractivity contribution in [3.8, 4) is 0 Å². The smallest absolute Gasteiger partial charge is 0.246 e. The van der Waals surface area contributed by atoms with Crippen molar-refractivity contribution in [3.63, 3.8) is 0 Å². The minimum atomic E-state index is -0.681. The molecule has 1 atom stereocenters. The van der Waals surface area contributed by atoms with Crippen LogP contribution >= 0.6 is 11.3 Å². The van der Waals surface area contributed by atoms with Crippen LogP contribution in [0.3, 0.4) is 0 Å². The Morgan fingerprint density at radius 1 is 1.35 bits per heavy atom. The molecular formula is C15H22N2O2S. The second kappa shape index (κ2) is 5.95. The third kappa shape index (κ3) is 2.46. The van der Waals surface area contributed by atoms with Gasteiger partial charge in [-0.3, -0.25) is 9.59 Å². The molecule has 110 valence electrons. The van der Waals surface area contributed by atoms with Crippen molar-refractivity contribution >= 4 is 23.2 Å². The number of hydrogen-bond acceptors (Lipinski definition) is 3. The van der Waals surface area contributed by atoms with Gasteiger partial charge >= 0.3 is 0 Å². The minimum absolute atomic E-state index is 0.0140. The maximum atomic E-state index is 12.5. The zero-order valence-electron chi connectivity index (χ0n) is 12.3. The Labute approximate surface area is 124 Å². The lowest BCUT2D eigenvalue weighted by molar-refractivity contribution is -0.157. The Morgan fingerprint density at radius 3 is 2.60 bits per heavy atom. The van der Waals surface area contributed by atoms with E-state index in [0.717, 1.165) is 6.42 Å². The molecule has 1 N–H and O–H groups in total. The summed E-state index contributed by atoms with van der Waals surface area (Å²) in [6.07, 6.45) is 2.10. The average Bonchev–Trinajstić information content (AvgIpc) is 2.95. The first-order chi connectivity index (χ1) is 9.55. The summed E-state index contributed by atoms with van der Waals surface area (Å²) in [5, 5.41) is 6.95. The first-order valence-electron chi connectivity index (χ1n) is 7.18. The van der Waals surface area contributed by atoms with Crippen LogP contribution in [0.25, 0.3) is 0 Å². The van der Waals surface area contributed by atoms with E-state index < -0.39 is 11.6 Å². The van der Waals surface area contributed by atoms with Crippen LogP contribution in [0, 0.1) is 0 Å². The largest absolute Gasteiger partial charge is 0.343 e. The highest BCUT2D eigenvalue weighted by molar-refractivity contribution is 7.07. The highest BCUT2D eigenvalue weighted by Gasteiger charge is 2.48. The van der Waals surface area contributed by atoms with E-state index >= 15 is 0 Å². The zero-order chi connectivity index (χ0) is 14.8. The summed E-state index contributed by atoms with van der Waals surface area (Å²) in [5.41, 5.74) is 0.544. The molecule has 1 unspecified atom stereocenters. The van der Waals surface area contributed by atoms with Gasteiger partial charge in [0.25, 0.3) is 0 Å². The molecule has 1 aromatic heterocycles. The van der Waals surface area contributed by atoms with Crippen molar-refractivity contribution in [1.29, 1.82) is 0 Å². The first-order valence-corrected chi connectivity index (χ1v) is 8.13. The van der Waals surface area contributed by atoms with E-state index in [1.807, 2.05) is 19.2 Å². The summed E-state index contributed by atoms with van der Waals surface area (Å²) in [5.74, 6) is 0.0171. The summed E-state index contributed by atoms with van der Waals surface area (Å²) in [6, 6.07) is 1.65. The van der Waals surface area contributed by atoms with Gasteiger partial charge in [0, 0.05) is 6.54 Å². The molecule has 1 aliphatic heterocycles. The zero-order valence-corrected chi connectivity index (χ0v) is 13.1. The highest BCUT2D eigenvalue weighted by atomic mass is 32.1. The molecule has 5 heteroatoms. The molecule has 0 bridgehead atoms. The van der Waals surface area contributed by atoms with E-state index in [4.69, 9.17) is 0 Å². The second-order valence-electron chi connectivity index (χ2n) is 5.31. The standard InChI is InChI=1S/C15H22N2O2S/c1-4-15(5-2)14(19)16-11(3)13(18)17(15)8-6-12-7-9-20-10-12/h7,9-11H,4-6,8H2,1-3H3,(H,16,19). The molecule has 1 saturated heterocycles. The SMILES string of the molecule is CCC1(CC)C(=O)NC(C)C(=O)N1CCc1ccsc1. The quantitative estimate of drug-likeness (QED) is 0.905. The predicted molar refractivity (Wildman–Crippen MR) is 80.7 cm³/mol. The monoisotopic (exact) mass is 294 g/mol. The fourth-order valence-corrected chi connectivity index (χ4v) is 3.62. The van der Waals surface area contributed by atoms with Gasteiger partial charge in [-0.2, -0.15) is 11.3 Å². The van der Waals surface area contributed by atoms with Crippen LogP contribution in [-0.4, -0.2) is 34.8 Å². The maximum absolute atomic E-state index is 12.5. The Bertz CT molecular complexity index is 480. The molecule has 0 aromatic carbocycles. The molecule has 20 heavy (non-hydrogen) atoms. The van der Waals surface area contributed by atoms with E-state index in [1.165, 1.54) is 5.56 Å². The number of piperazine rings is 1. The topological polar surface area (TPSA) is 49.4 Å². The maximum Gasteiger partial charge on any atom is 0.246 e. The number of amides is 2. The number of rotatable bonds is 5. The first kappa shape index (κ1) is 15.0. The van der Waals surface area contributed by atoms with E-state index in [-0.39, 0.29) is 11.8 Å². The van der Waals surface area contributed by atoms with Crippen molar-refractivity contribution in [2.75, 3.05) is 6.54 Å². The van der Waals surface area contributed by atoms with Gasteiger partial charge in [0.1, 0.15) is 11.6 Å². The number of carbonyl (C=O) groups excluding carboxylic acids is 2. The van der Waals surface area contributed by atoms with E-state index in [1.54, 1.807) is 23.2 Å². The van der Waals surface area contributed by atoms with Crippen molar-refractivity contribution in [3.05, 3.63) is 22.4 Å². The third-order valence-corrected chi connectivity index (χ3v) is 5.03. The number of hydrogen-bond donors (Lipinski definition) is 1. The lowest BCUT2D eigenvalue weighted by Crippen LogP contribution is -2.69. The van der Waals surface area contributed by atoms with Crippen molar-refractivity contribution in [2.24, 2.45) is 0 Å². The molecular weight excluding hydrogens is 272 g/mol. The van der Waals surface area contributed by atoms with Crippen molar-refractivity contribution in [1.82, 2.24) is 10.2 Å². The number of thiophene rings is 1. The molecule has 2 rings (SSSR count). The van der Waals surface area contributed by atoms with Gasteiger partial charge in [0.05, 0.1) is 0 Å². The van der Waals surface area contributed by atoms with Crippen LogP contribution in [0.15, 0.2) is 16.8 Å². The van der Waals surface area contributed by atoms with Gasteiger partial charge in [0.2, 0.25) is 11.8 Å². The molecule has 4 nitrogen and oxygen atoms in total. The van der Waals surface area contributed by atoms with Crippen LogP contribution < -0.4 is 5.32 Å². The fourth-order valence-electron chi connectivity index (χ4n) is 2.91. The van der Waals surface area contributed by atoms with Gasteiger partial charge < -0.3 is 10.2 Å². The number of carbonyl (C=O) groups is 2. The van der Waals surface area contributed by atoms with Crippen molar-refractivity contribution in [2.45, 2.75) is 51.6 Å². The van der Waals surface area contributed by atoms with Crippen LogP contribution in [-0.2, 0) is 16.0 Å². The lowest BCUT2D eigenvalue weighted by Gasteiger charge is -2.47. The molecule has 0 saturated carbocycles. The number of nitrogens with one attached hydrogen (secondary N) is 1. The predicted octanol–water partition coefficient (Wildman–Crippen LogP) is 2.20. The summed E-state index contributed by atoms with van der Waals surface area (Å²) < 4.78 is 0. The molecule has 1 aliphatic rings. The summed E-state index contributed by atoms with van der Waals surface area (Å²) in [4.78, 5) is 26.7. The molecule has 1 aromatic rings. The summed E-state index contributed by atoms with van der Waals surface area (Å²) >= 11 is 1.66. The highest BCUT2D eigenvalue weighted by Crippen LogP contribution is 2.29. The van der Waals surface area contributed by atoms with Gasteiger partial charge in [-0.25, -0.2) is 0 Å².